The number of hydrogen-bond donors (Lipinski definition) is 1. The molecule has 3 rings (SSSR count). The van der Waals surface area contributed by atoms with Crippen LogP contribution in [0.3, 0.4) is 0 Å². The number of aromatic nitrogens is 1. The summed E-state index contributed by atoms with van der Waals surface area (Å²) in [6.07, 6.45) is 0. The average molecular weight is 359 g/mol. The van der Waals surface area contributed by atoms with Crippen molar-refractivity contribution in [3.05, 3.63) is 33.5 Å². The lowest BCUT2D eigenvalue weighted by molar-refractivity contribution is -0.117. The van der Waals surface area contributed by atoms with Gasteiger partial charge < -0.3 is 4.42 Å². The molecule has 1 aliphatic heterocycles. The molecule has 1 fully saturated rings. The lowest BCUT2D eigenvalue weighted by Crippen LogP contribution is -2.48. The van der Waals surface area contributed by atoms with Crippen LogP contribution in [0.4, 0.5) is 5.88 Å². The Kier molecular flexibility index (Phi) is 5.48. The number of anilines is 1. The standard InChI is InChI=1S/C17H21N5O2S/c1-12-13(2)24-17(15(12)7-18)20-16(23)9-22-5-3-21(4-6-22)8-14-10-25-11-19-14/h10-11H,3-6,8-9H2,1-2H3,(H,20,23). The lowest BCUT2D eigenvalue weighted by atomic mass is 10.2. The molecule has 1 amide bonds. The highest BCUT2D eigenvalue weighted by Crippen LogP contribution is 2.25. The van der Waals surface area contributed by atoms with Crippen molar-refractivity contribution in [1.29, 1.82) is 5.26 Å². The van der Waals surface area contributed by atoms with Crippen LogP contribution in [0.1, 0.15) is 22.6 Å². The van der Waals surface area contributed by atoms with Crippen LogP contribution in [-0.2, 0) is 11.3 Å². The van der Waals surface area contributed by atoms with Crippen LogP contribution >= 0.6 is 11.3 Å². The van der Waals surface area contributed by atoms with Crippen LogP contribution in [0, 0.1) is 25.2 Å². The maximum absolute atomic E-state index is 12.3. The van der Waals surface area contributed by atoms with Crippen molar-refractivity contribution in [3.8, 4) is 6.07 Å². The minimum absolute atomic E-state index is 0.154. The summed E-state index contributed by atoms with van der Waals surface area (Å²) < 4.78 is 5.48. The van der Waals surface area contributed by atoms with Gasteiger partial charge >= 0.3 is 0 Å². The van der Waals surface area contributed by atoms with Crippen LogP contribution in [0.15, 0.2) is 15.3 Å². The molecule has 2 aromatic rings. The van der Waals surface area contributed by atoms with Crippen LogP contribution in [-0.4, -0.2) is 53.4 Å². The third-order valence-corrected chi connectivity index (χ3v) is 5.09. The van der Waals surface area contributed by atoms with E-state index in [1.807, 2.05) is 12.4 Å². The molecule has 0 unspecified atom stereocenters. The van der Waals surface area contributed by atoms with E-state index >= 15 is 0 Å². The quantitative estimate of drug-likeness (QED) is 0.879. The topological polar surface area (TPSA) is 85.4 Å². The SMILES string of the molecule is Cc1oc(NC(=O)CN2CCN(Cc3cscn3)CC2)c(C#N)c1C. The summed E-state index contributed by atoms with van der Waals surface area (Å²) >= 11 is 1.61. The van der Waals surface area contributed by atoms with Crippen molar-refractivity contribution in [2.75, 3.05) is 38.0 Å². The summed E-state index contributed by atoms with van der Waals surface area (Å²) in [6.45, 7) is 8.24. The Labute approximate surface area is 150 Å². The highest BCUT2D eigenvalue weighted by Gasteiger charge is 2.21. The summed E-state index contributed by atoms with van der Waals surface area (Å²) in [4.78, 5) is 21.0. The number of hydrogen-bond acceptors (Lipinski definition) is 7. The molecular weight excluding hydrogens is 338 g/mol. The molecule has 0 bridgehead atoms. The first-order valence-corrected chi connectivity index (χ1v) is 9.13. The zero-order chi connectivity index (χ0) is 17.8. The van der Waals surface area contributed by atoms with Gasteiger partial charge in [0.1, 0.15) is 17.4 Å². The number of nitriles is 1. The summed E-state index contributed by atoms with van der Waals surface area (Å²) in [5.41, 5.74) is 4.12. The van der Waals surface area contributed by atoms with Gasteiger partial charge in [-0.05, 0) is 13.8 Å². The van der Waals surface area contributed by atoms with E-state index in [1.54, 1.807) is 18.3 Å². The number of aryl methyl sites for hydroxylation is 1. The Balaban J connectivity index is 1.48. The Morgan fingerprint density at radius 2 is 2.08 bits per heavy atom. The lowest BCUT2D eigenvalue weighted by Gasteiger charge is -2.33. The van der Waals surface area contributed by atoms with E-state index in [0.29, 0.717) is 17.9 Å². The number of rotatable bonds is 5. The summed E-state index contributed by atoms with van der Waals surface area (Å²) in [5.74, 6) is 0.755. The molecule has 25 heavy (non-hydrogen) atoms. The van der Waals surface area contributed by atoms with E-state index in [2.05, 4.69) is 31.5 Å². The zero-order valence-electron chi connectivity index (χ0n) is 14.4. The van der Waals surface area contributed by atoms with Crippen molar-refractivity contribution in [2.24, 2.45) is 0 Å². The first kappa shape index (κ1) is 17.6. The molecule has 0 aliphatic carbocycles. The normalized spacial score (nSPS) is 15.9. The summed E-state index contributed by atoms with van der Waals surface area (Å²) in [6, 6.07) is 2.09. The van der Waals surface area contributed by atoms with Gasteiger partial charge in [-0.25, -0.2) is 4.98 Å². The molecule has 0 aromatic carbocycles. The van der Waals surface area contributed by atoms with Crippen molar-refractivity contribution in [2.45, 2.75) is 20.4 Å². The summed E-state index contributed by atoms with van der Waals surface area (Å²) in [5, 5.41) is 14.0. The monoisotopic (exact) mass is 359 g/mol. The van der Waals surface area contributed by atoms with Crippen molar-refractivity contribution < 1.29 is 9.21 Å². The zero-order valence-corrected chi connectivity index (χ0v) is 15.2. The van der Waals surface area contributed by atoms with Gasteiger partial charge in [-0.1, -0.05) is 0 Å². The molecule has 1 saturated heterocycles. The second-order valence-electron chi connectivity index (χ2n) is 6.18. The smallest absolute Gasteiger partial charge is 0.240 e. The molecular formula is C17H21N5O2S. The van der Waals surface area contributed by atoms with Crippen LogP contribution < -0.4 is 5.32 Å². The largest absolute Gasteiger partial charge is 0.444 e. The Morgan fingerprint density at radius 1 is 1.36 bits per heavy atom. The Bertz CT molecular complexity index is 770. The van der Waals surface area contributed by atoms with Gasteiger partial charge in [-0.15, -0.1) is 11.3 Å². The molecule has 2 aromatic heterocycles. The highest BCUT2D eigenvalue weighted by atomic mass is 32.1. The minimum Gasteiger partial charge on any atom is -0.444 e. The maximum Gasteiger partial charge on any atom is 0.240 e. The number of amides is 1. The third-order valence-electron chi connectivity index (χ3n) is 4.45. The molecule has 7 nitrogen and oxygen atoms in total. The number of furan rings is 1. The fraction of sp³-hybridized carbons (Fsp3) is 0.471. The number of carbonyl (C=O) groups is 1. The predicted octanol–water partition coefficient (Wildman–Crippen LogP) is 1.98. The van der Waals surface area contributed by atoms with Gasteiger partial charge in [0.25, 0.3) is 0 Å². The van der Waals surface area contributed by atoms with Gasteiger partial charge in [0.15, 0.2) is 0 Å². The Hall–Kier alpha value is -2.21. The molecule has 8 heteroatoms. The fourth-order valence-electron chi connectivity index (χ4n) is 2.87. The molecule has 0 saturated carbocycles. The minimum atomic E-state index is -0.154. The second kappa shape index (κ2) is 7.78. The molecule has 1 aliphatic rings. The van der Waals surface area contributed by atoms with Crippen LogP contribution in [0.5, 0.6) is 0 Å². The van der Waals surface area contributed by atoms with E-state index in [1.165, 1.54) is 0 Å². The summed E-state index contributed by atoms with van der Waals surface area (Å²) in [7, 11) is 0. The first-order chi connectivity index (χ1) is 12.1. The molecule has 1 N–H and O–H groups in total. The third kappa shape index (κ3) is 4.25. The molecule has 132 valence electrons. The second-order valence-corrected chi connectivity index (χ2v) is 6.90. The van der Waals surface area contributed by atoms with Crippen LogP contribution in [0.2, 0.25) is 0 Å². The van der Waals surface area contributed by atoms with Gasteiger partial charge in [0.2, 0.25) is 11.8 Å². The van der Waals surface area contributed by atoms with Gasteiger partial charge in [0, 0.05) is 43.7 Å². The highest BCUT2D eigenvalue weighted by molar-refractivity contribution is 7.07. The van der Waals surface area contributed by atoms with E-state index < -0.39 is 0 Å². The van der Waals surface area contributed by atoms with E-state index in [-0.39, 0.29) is 11.8 Å². The number of piperazine rings is 1. The molecule has 3 heterocycles. The van der Waals surface area contributed by atoms with E-state index in [4.69, 9.17) is 4.42 Å². The number of nitrogens with one attached hydrogen (secondary N) is 1. The van der Waals surface area contributed by atoms with Gasteiger partial charge in [0.05, 0.1) is 17.7 Å². The fourth-order valence-corrected chi connectivity index (χ4v) is 3.42. The Morgan fingerprint density at radius 3 is 2.72 bits per heavy atom. The molecule has 0 spiro atoms. The van der Waals surface area contributed by atoms with Crippen molar-refractivity contribution in [3.63, 3.8) is 0 Å². The first-order valence-electron chi connectivity index (χ1n) is 8.18. The maximum atomic E-state index is 12.3. The molecule has 0 atom stereocenters. The van der Waals surface area contributed by atoms with Crippen molar-refractivity contribution in [1.82, 2.24) is 14.8 Å². The number of nitrogens with zero attached hydrogens (tertiary/aromatic N) is 4. The van der Waals surface area contributed by atoms with Crippen LogP contribution in [0.25, 0.3) is 0 Å². The van der Waals surface area contributed by atoms with E-state index in [9.17, 15) is 10.1 Å². The van der Waals surface area contributed by atoms with E-state index in [0.717, 1.165) is 44.0 Å². The van der Waals surface area contributed by atoms with Crippen molar-refractivity contribution >= 4 is 23.1 Å². The predicted molar refractivity (Wildman–Crippen MR) is 95.4 cm³/mol. The van der Waals surface area contributed by atoms with Gasteiger partial charge in [-0.3, -0.25) is 19.9 Å². The van der Waals surface area contributed by atoms with Gasteiger partial charge in [-0.2, -0.15) is 5.26 Å². The number of thiazole rings is 1. The number of carbonyl (C=O) groups excluding carboxylic acids is 1. The molecule has 0 radical (unpaired) electrons. The average Bonchev–Trinajstić information content (AvgIpc) is 3.18.